The minimum absolute atomic E-state index is 0.186. The van der Waals surface area contributed by atoms with Crippen LogP contribution in [-0.4, -0.2) is 23.1 Å². The number of benzene rings is 3. The average Bonchev–Trinajstić information content (AvgIpc) is 3.18. The lowest BCUT2D eigenvalue weighted by atomic mass is 10.0. The molecule has 4 aromatic rings. The fourth-order valence-electron chi connectivity index (χ4n) is 3.21. The molecule has 0 saturated carbocycles. The van der Waals surface area contributed by atoms with Gasteiger partial charge in [0.25, 0.3) is 5.91 Å². The predicted molar refractivity (Wildman–Crippen MR) is 126 cm³/mol. The Morgan fingerprint density at radius 1 is 1.06 bits per heavy atom. The maximum atomic E-state index is 12.4. The van der Waals surface area contributed by atoms with Crippen molar-refractivity contribution in [2.24, 2.45) is 0 Å². The van der Waals surface area contributed by atoms with Gasteiger partial charge in [0.05, 0.1) is 7.11 Å². The van der Waals surface area contributed by atoms with Crippen molar-refractivity contribution < 1.29 is 13.9 Å². The van der Waals surface area contributed by atoms with Gasteiger partial charge in [0.1, 0.15) is 11.3 Å². The van der Waals surface area contributed by atoms with E-state index in [1.807, 2.05) is 30.3 Å². The van der Waals surface area contributed by atoms with Crippen LogP contribution in [0.1, 0.15) is 21.5 Å². The van der Waals surface area contributed by atoms with E-state index in [9.17, 15) is 4.79 Å². The van der Waals surface area contributed by atoms with Gasteiger partial charge in [-0.05, 0) is 79.7 Å². The molecule has 156 valence electrons. The molecule has 1 heterocycles. The maximum absolute atomic E-state index is 12.4. The van der Waals surface area contributed by atoms with E-state index in [4.69, 9.17) is 21.4 Å². The van der Waals surface area contributed by atoms with E-state index in [1.54, 1.807) is 31.4 Å². The quantitative estimate of drug-likeness (QED) is 0.430. The van der Waals surface area contributed by atoms with Crippen molar-refractivity contribution in [3.8, 4) is 17.2 Å². The lowest BCUT2D eigenvalue weighted by Crippen LogP contribution is -2.34. The first-order valence-electron chi connectivity index (χ1n) is 9.68. The molecule has 6 nitrogen and oxygen atoms in total. The average molecular weight is 432 g/mol. The molecular formula is C24H21N3O3S. The standard InChI is InChI=1S/C24H21N3O3S/c1-14-6-4-9-19(15(14)2)23-26-20-13-17(10-11-21(20)30-23)25-24(31)27-22(28)16-7-5-8-18(12-16)29-3/h4-13H,1-3H3,(H2,25,27,28,31). The number of hydrogen-bond donors (Lipinski definition) is 2. The van der Waals surface area contributed by atoms with Crippen LogP contribution in [0.3, 0.4) is 0 Å². The Hall–Kier alpha value is -3.71. The number of fused-ring (bicyclic) bond motifs is 1. The van der Waals surface area contributed by atoms with Gasteiger partial charge >= 0.3 is 0 Å². The van der Waals surface area contributed by atoms with Crippen LogP contribution in [0.25, 0.3) is 22.6 Å². The van der Waals surface area contributed by atoms with Gasteiger partial charge in [0.15, 0.2) is 10.7 Å². The number of hydrogen-bond acceptors (Lipinski definition) is 5. The molecule has 0 bridgehead atoms. The molecular weight excluding hydrogens is 410 g/mol. The first-order chi connectivity index (χ1) is 14.9. The van der Waals surface area contributed by atoms with Gasteiger partial charge in [0.2, 0.25) is 5.89 Å². The summed E-state index contributed by atoms with van der Waals surface area (Å²) >= 11 is 5.29. The molecule has 0 aliphatic heterocycles. The summed E-state index contributed by atoms with van der Waals surface area (Å²) in [5.74, 6) is 0.848. The second kappa shape index (κ2) is 8.57. The third-order valence-corrected chi connectivity index (χ3v) is 5.24. The van der Waals surface area contributed by atoms with E-state index >= 15 is 0 Å². The van der Waals surface area contributed by atoms with Gasteiger partial charge in [-0.15, -0.1) is 0 Å². The van der Waals surface area contributed by atoms with Crippen LogP contribution in [0.2, 0.25) is 0 Å². The number of oxazole rings is 1. The van der Waals surface area contributed by atoms with Crippen LogP contribution in [0.5, 0.6) is 5.75 Å². The highest BCUT2D eigenvalue weighted by atomic mass is 32.1. The van der Waals surface area contributed by atoms with Crippen molar-refractivity contribution in [1.82, 2.24) is 10.3 Å². The second-order valence-electron chi connectivity index (χ2n) is 7.09. The number of amides is 1. The molecule has 0 atom stereocenters. The second-order valence-corrected chi connectivity index (χ2v) is 7.50. The van der Waals surface area contributed by atoms with E-state index in [1.165, 1.54) is 5.56 Å². The summed E-state index contributed by atoms with van der Waals surface area (Å²) in [6.45, 7) is 4.11. The molecule has 1 amide bonds. The number of nitrogens with zero attached hydrogens (tertiary/aromatic N) is 1. The number of rotatable bonds is 4. The van der Waals surface area contributed by atoms with Crippen molar-refractivity contribution in [3.05, 3.63) is 77.4 Å². The van der Waals surface area contributed by atoms with Gasteiger partial charge in [-0.3, -0.25) is 10.1 Å². The summed E-state index contributed by atoms with van der Waals surface area (Å²) in [5.41, 5.74) is 5.80. The first kappa shape index (κ1) is 20.6. The van der Waals surface area contributed by atoms with Gasteiger partial charge in [0, 0.05) is 16.8 Å². The Kier molecular flexibility index (Phi) is 5.68. The molecule has 0 fully saturated rings. The lowest BCUT2D eigenvalue weighted by Gasteiger charge is -2.10. The molecule has 0 saturated heterocycles. The summed E-state index contributed by atoms with van der Waals surface area (Å²) in [6, 6.07) is 18.4. The minimum atomic E-state index is -0.323. The van der Waals surface area contributed by atoms with E-state index < -0.39 is 0 Å². The number of carbonyl (C=O) groups excluding carboxylic acids is 1. The van der Waals surface area contributed by atoms with Crippen LogP contribution in [0.4, 0.5) is 5.69 Å². The summed E-state index contributed by atoms with van der Waals surface area (Å²) in [5, 5.41) is 5.88. The Morgan fingerprint density at radius 2 is 1.87 bits per heavy atom. The topological polar surface area (TPSA) is 76.4 Å². The van der Waals surface area contributed by atoms with E-state index in [2.05, 4.69) is 35.5 Å². The van der Waals surface area contributed by atoms with Crippen molar-refractivity contribution in [3.63, 3.8) is 0 Å². The number of anilines is 1. The van der Waals surface area contributed by atoms with Crippen LogP contribution >= 0.6 is 12.2 Å². The number of carbonyl (C=O) groups is 1. The first-order valence-corrected chi connectivity index (χ1v) is 10.1. The minimum Gasteiger partial charge on any atom is -0.497 e. The van der Waals surface area contributed by atoms with Gasteiger partial charge < -0.3 is 14.5 Å². The summed E-state index contributed by atoms with van der Waals surface area (Å²) in [4.78, 5) is 17.1. The van der Waals surface area contributed by atoms with Gasteiger partial charge in [-0.25, -0.2) is 4.98 Å². The van der Waals surface area contributed by atoms with Crippen LogP contribution in [-0.2, 0) is 0 Å². The number of aryl methyl sites for hydroxylation is 1. The molecule has 7 heteroatoms. The van der Waals surface area contributed by atoms with Gasteiger partial charge in [-0.2, -0.15) is 0 Å². The molecule has 0 aliphatic carbocycles. The molecule has 0 aliphatic rings. The van der Waals surface area contributed by atoms with Crippen molar-refractivity contribution in [1.29, 1.82) is 0 Å². The third-order valence-electron chi connectivity index (χ3n) is 5.04. The molecule has 4 rings (SSSR count). The largest absolute Gasteiger partial charge is 0.497 e. The number of thiocarbonyl (C=S) groups is 1. The molecule has 3 aromatic carbocycles. The number of nitrogens with one attached hydrogen (secondary N) is 2. The van der Waals surface area contributed by atoms with Crippen molar-refractivity contribution in [2.45, 2.75) is 13.8 Å². The van der Waals surface area contributed by atoms with Crippen LogP contribution in [0, 0.1) is 13.8 Å². The Bertz CT molecular complexity index is 1300. The van der Waals surface area contributed by atoms with Crippen LogP contribution < -0.4 is 15.4 Å². The third kappa shape index (κ3) is 4.41. The highest BCUT2D eigenvalue weighted by Crippen LogP contribution is 2.29. The number of methoxy groups -OCH3 is 1. The monoisotopic (exact) mass is 431 g/mol. The Balaban J connectivity index is 1.50. The van der Waals surface area contributed by atoms with Crippen molar-refractivity contribution >= 4 is 40.0 Å². The van der Waals surface area contributed by atoms with E-state index in [0.717, 1.165) is 11.1 Å². The highest BCUT2D eigenvalue weighted by Gasteiger charge is 2.13. The fourth-order valence-corrected chi connectivity index (χ4v) is 3.42. The molecule has 0 unspecified atom stereocenters. The molecule has 1 aromatic heterocycles. The summed E-state index contributed by atoms with van der Waals surface area (Å²) < 4.78 is 11.1. The van der Waals surface area contributed by atoms with Gasteiger partial charge in [-0.1, -0.05) is 18.2 Å². The van der Waals surface area contributed by atoms with Crippen LogP contribution in [0.15, 0.2) is 65.1 Å². The lowest BCUT2D eigenvalue weighted by molar-refractivity contribution is 0.0977. The summed E-state index contributed by atoms with van der Waals surface area (Å²) in [7, 11) is 1.55. The molecule has 2 N–H and O–H groups in total. The van der Waals surface area contributed by atoms with E-state index in [0.29, 0.717) is 34.0 Å². The SMILES string of the molecule is COc1cccc(C(=O)NC(=S)Nc2ccc3oc(-c4cccc(C)c4C)nc3c2)c1. The molecule has 31 heavy (non-hydrogen) atoms. The zero-order chi connectivity index (χ0) is 22.0. The van der Waals surface area contributed by atoms with Crippen molar-refractivity contribution in [2.75, 3.05) is 12.4 Å². The zero-order valence-corrected chi connectivity index (χ0v) is 18.2. The fraction of sp³-hybridized carbons (Fsp3) is 0.125. The normalized spacial score (nSPS) is 10.7. The molecule has 0 radical (unpaired) electrons. The smallest absolute Gasteiger partial charge is 0.257 e. The summed E-state index contributed by atoms with van der Waals surface area (Å²) in [6.07, 6.45) is 0. The maximum Gasteiger partial charge on any atom is 0.257 e. The zero-order valence-electron chi connectivity index (χ0n) is 17.4. The Labute approximate surface area is 185 Å². The highest BCUT2D eigenvalue weighted by molar-refractivity contribution is 7.80. The molecule has 0 spiro atoms. The van der Waals surface area contributed by atoms with E-state index in [-0.39, 0.29) is 11.0 Å². The Morgan fingerprint density at radius 3 is 2.68 bits per heavy atom. The predicted octanol–water partition coefficient (Wildman–Crippen LogP) is 5.25. The number of aromatic nitrogens is 1. The number of ether oxygens (including phenoxy) is 1.